The fourth-order valence-corrected chi connectivity index (χ4v) is 2.57. The summed E-state index contributed by atoms with van der Waals surface area (Å²) in [5.41, 5.74) is 4.13. The van der Waals surface area contributed by atoms with Crippen molar-refractivity contribution in [3.05, 3.63) is 22.4 Å². The molecule has 0 aliphatic heterocycles. The number of aliphatic imine (C=N–C) groups is 1. The molecule has 17 heavy (non-hydrogen) atoms. The molecule has 5 heteroatoms. The normalized spacial score (nSPS) is 20.4. The first-order chi connectivity index (χ1) is 8.36. The van der Waals surface area contributed by atoms with Crippen LogP contribution in [0.1, 0.15) is 31.2 Å². The fourth-order valence-electron chi connectivity index (χ4n) is 1.91. The Morgan fingerprint density at radius 3 is 2.82 bits per heavy atom. The number of hydrazine groups is 1. The molecule has 92 valence electrons. The van der Waals surface area contributed by atoms with Crippen molar-refractivity contribution in [2.75, 3.05) is 0 Å². The zero-order valence-electron chi connectivity index (χ0n) is 9.80. The maximum absolute atomic E-state index is 5.62. The van der Waals surface area contributed by atoms with Gasteiger partial charge in [-0.25, -0.2) is 10.8 Å². The summed E-state index contributed by atoms with van der Waals surface area (Å²) >= 11 is 1.74. The summed E-state index contributed by atoms with van der Waals surface area (Å²) in [6, 6.07) is 3.30. The maximum atomic E-state index is 5.62. The molecule has 0 spiro atoms. The Bertz CT molecular complexity index is 393. The molecule has 0 unspecified atom stereocenters. The molecule has 0 amide bonds. The molecule has 1 aromatic rings. The third-order valence-corrected chi connectivity index (χ3v) is 3.91. The highest BCUT2D eigenvalue weighted by Crippen LogP contribution is 2.30. The molecular formula is C12H18N4S. The molecule has 0 radical (unpaired) electrons. The van der Waals surface area contributed by atoms with Crippen molar-refractivity contribution in [3.8, 4) is 0 Å². The summed E-state index contributed by atoms with van der Waals surface area (Å²) < 4.78 is 0. The Kier molecular flexibility index (Phi) is 3.03. The van der Waals surface area contributed by atoms with Crippen LogP contribution in [-0.4, -0.2) is 22.9 Å². The Hall–Kier alpha value is -1.07. The molecule has 2 aliphatic rings. The van der Waals surface area contributed by atoms with Crippen LogP contribution in [0.4, 0.5) is 0 Å². The number of nitrogens with zero attached hydrogens (tertiary/aromatic N) is 2. The second-order valence-corrected chi connectivity index (χ2v) is 5.60. The van der Waals surface area contributed by atoms with Crippen LogP contribution < -0.4 is 11.3 Å². The van der Waals surface area contributed by atoms with E-state index in [4.69, 9.17) is 5.84 Å². The van der Waals surface area contributed by atoms with Crippen molar-refractivity contribution in [3.63, 3.8) is 0 Å². The number of hydrogen-bond donors (Lipinski definition) is 2. The van der Waals surface area contributed by atoms with Gasteiger partial charge < -0.3 is 4.90 Å². The first kappa shape index (κ1) is 11.0. The number of guanidine groups is 1. The highest BCUT2D eigenvalue weighted by molar-refractivity contribution is 7.07. The SMILES string of the molecule is NNC(=NC1CC1)N(Cc1ccsc1)C1CC1. The molecule has 0 bridgehead atoms. The summed E-state index contributed by atoms with van der Waals surface area (Å²) in [5.74, 6) is 6.50. The summed E-state index contributed by atoms with van der Waals surface area (Å²) in [6.07, 6.45) is 4.94. The summed E-state index contributed by atoms with van der Waals surface area (Å²) in [4.78, 5) is 6.98. The van der Waals surface area contributed by atoms with Crippen molar-refractivity contribution < 1.29 is 0 Å². The largest absolute Gasteiger partial charge is 0.335 e. The molecule has 3 N–H and O–H groups in total. The Morgan fingerprint density at radius 1 is 1.47 bits per heavy atom. The number of rotatable bonds is 4. The quantitative estimate of drug-likeness (QED) is 0.370. The van der Waals surface area contributed by atoms with Crippen molar-refractivity contribution in [2.45, 2.75) is 44.3 Å². The van der Waals surface area contributed by atoms with Crippen molar-refractivity contribution in [2.24, 2.45) is 10.8 Å². The maximum Gasteiger partial charge on any atom is 0.209 e. The minimum atomic E-state index is 0.504. The van der Waals surface area contributed by atoms with E-state index in [1.54, 1.807) is 11.3 Å². The van der Waals surface area contributed by atoms with E-state index in [-0.39, 0.29) is 0 Å². The van der Waals surface area contributed by atoms with Gasteiger partial charge in [0.15, 0.2) is 0 Å². The first-order valence-corrected chi connectivity index (χ1v) is 7.13. The first-order valence-electron chi connectivity index (χ1n) is 6.19. The van der Waals surface area contributed by atoms with Crippen molar-refractivity contribution >= 4 is 17.3 Å². The van der Waals surface area contributed by atoms with E-state index >= 15 is 0 Å². The highest BCUT2D eigenvalue weighted by atomic mass is 32.1. The van der Waals surface area contributed by atoms with Crippen molar-refractivity contribution in [1.82, 2.24) is 10.3 Å². The van der Waals surface area contributed by atoms with E-state index in [1.165, 1.54) is 31.2 Å². The van der Waals surface area contributed by atoms with Gasteiger partial charge in [0.1, 0.15) is 0 Å². The Labute approximate surface area is 105 Å². The molecule has 4 nitrogen and oxygen atoms in total. The molecule has 0 saturated heterocycles. The second kappa shape index (κ2) is 4.66. The van der Waals surface area contributed by atoms with Crippen LogP contribution in [0, 0.1) is 0 Å². The molecule has 1 heterocycles. The summed E-state index contributed by atoms with van der Waals surface area (Å²) in [7, 11) is 0. The zero-order chi connectivity index (χ0) is 11.7. The van der Waals surface area contributed by atoms with Gasteiger partial charge in [0.05, 0.1) is 6.04 Å². The van der Waals surface area contributed by atoms with Crippen molar-refractivity contribution in [1.29, 1.82) is 0 Å². The van der Waals surface area contributed by atoms with Gasteiger partial charge in [-0.3, -0.25) is 5.43 Å². The summed E-state index contributed by atoms with van der Waals surface area (Å²) in [5, 5.41) is 4.31. The average molecular weight is 250 g/mol. The number of nitrogens with one attached hydrogen (secondary N) is 1. The third-order valence-electron chi connectivity index (χ3n) is 3.17. The van der Waals surface area contributed by atoms with Gasteiger partial charge in [-0.2, -0.15) is 11.3 Å². The lowest BCUT2D eigenvalue weighted by Crippen LogP contribution is -2.45. The van der Waals surface area contributed by atoms with E-state index in [0.717, 1.165) is 12.5 Å². The second-order valence-electron chi connectivity index (χ2n) is 4.82. The molecular weight excluding hydrogens is 232 g/mol. The number of nitrogens with two attached hydrogens (primary N) is 1. The van der Waals surface area contributed by atoms with Gasteiger partial charge in [-0.05, 0) is 48.1 Å². The van der Waals surface area contributed by atoms with Gasteiger partial charge in [-0.1, -0.05) is 0 Å². The monoisotopic (exact) mass is 250 g/mol. The highest BCUT2D eigenvalue weighted by Gasteiger charge is 2.32. The lowest BCUT2D eigenvalue weighted by molar-refractivity contribution is 0.386. The molecule has 2 aliphatic carbocycles. The molecule has 1 aromatic heterocycles. The van der Waals surface area contributed by atoms with Gasteiger partial charge in [-0.15, -0.1) is 0 Å². The summed E-state index contributed by atoms with van der Waals surface area (Å²) in [6.45, 7) is 0.921. The van der Waals surface area contributed by atoms with Crippen LogP contribution >= 0.6 is 11.3 Å². The standard InChI is InChI=1S/C12H18N4S/c13-15-12(14-10-1-2-10)16(11-3-4-11)7-9-5-6-17-8-9/h5-6,8,10-11H,1-4,7,13H2,(H,14,15). The van der Waals surface area contributed by atoms with E-state index in [0.29, 0.717) is 12.1 Å². The van der Waals surface area contributed by atoms with E-state index in [2.05, 4.69) is 32.1 Å². The molecule has 0 atom stereocenters. The molecule has 3 rings (SSSR count). The topological polar surface area (TPSA) is 53.6 Å². The van der Waals surface area contributed by atoms with Crippen LogP contribution in [-0.2, 0) is 6.54 Å². The minimum absolute atomic E-state index is 0.504. The lowest BCUT2D eigenvalue weighted by Gasteiger charge is -2.25. The Balaban J connectivity index is 1.73. The van der Waals surface area contributed by atoms with Gasteiger partial charge in [0.2, 0.25) is 5.96 Å². The zero-order valence-corrected chi connectivity index (χ0v) is 10.6. The van der Waals surface area contributed by atoms with E-state index in [9.17, 15) is 0 Å². The van der Waals surface area contributed by atoms with Crippen LogP contribution in [0.25, 0.3) is 0 Å². The molecule has 2 saturated carbocycles. The fraction of sp³-hybridized carbons (Fsp3) is 0.583. The predicted octanol–water partition coefficient (Wildman–Crippen LogP) is 1.69. The number of hydrogen-bond acceptors (Lipinski definition) is 3. The van der Waals surface area contributed by atoms with Crippen LogP contribution in [0.5, 0.6) is 0 Å². The van der Waals surface area contributed by atoms with Crippen LogP contribution in [0.2, 0.25) is 0 Å². The predicted molar refractivity (Wildman–Crippen MR) is 70.7 cm³/mol. The molecule has 2 fully saturated rings. The molecule has 0 aromatic carbocycles. The smallest absolute Gasteiger partial charge is 0.209 e. The minimum Gasteiger partial charge on any atom is -0.335 e. The van der Waals surface area contributed by atoms with Gasteiger partial charge in [0, 0.05) is 12.6 Å². The van der Waals surface area contributed by atoms with E-state index < -0.39 is 0 Å². The van der Waals surface area contributed by atoms with Crippen LogP contribution in [0.3, 0.4) is 0 Å². The van der Waals surface area contributed by atoms with Crippen LogP contribution in [0.15, 0.2) is 21.8 Å². The van der Waals surface area contributed by atoms with E-state index in [1.807, 2.05) is 0 Å². The third kappa shape index (κ3) is 2.79. The number of thiophene rings is 1. The lowest BCUT2D eigenvalue weighted by atomic mass is 10.3. The average Bonchev–Trinajstić information content (AvgIpc) is 3.26. The van der Waals surface area contributed by atoms with Gasteiger partial charge in [0.25, 0.3) is 0 Å². The Morgan fingerprint density at radius 2 is 2.29 bits per heavy atom. The van der Waals surface area contributed by atoms with Gasteiger partial charge >= 0.3 is 0 Å².